The molecule has 0 spiro atoms. The Morgan fingerprint density at radius 1 is 1.24 bits per heavy atom. The minimum Gasteiger partial charge on any atom is -0.382 e. The van der Waals surface area contributed by atoms with E-state index in [1.807, 2.05) is 18.2 Å². The molecule has 0 aromatic heterocycles. The van der Waals surface area contributed by atoms with Crippen LogP contribution in [0.2, 0.25) is 0 Å². The van der Waals surface area contributed by atoms with E-state index in [4.69, 9.17) is 0 Å². The van der Waals surface area contributed by atoms with Gasteiger partial charge in [-0.05, 0) is 57.8 Å². The number of para-hydroxylation sites is 1. The van der Waals surface area contributed by atoms with Crippen LogP contribution in [0.1, 0.15) is 13.8 Å². The fraction of sp³-hybridized carbons (Fsp3) is 0.455. The van der Waals surface area contributed by atoms with Crippen molar-refractivity contribution in [1.29, 1.82) is 0 Å². The van der Waals surface area contributed by atoms with Gasteiger partial charge < -0.3 is 5.32 Å². The summed E-state index contributed by atoms with van der Waals surface area (Å²) in [7, 11) is -2.99. The van der Waals surface area contributed by atoms with E-state index in [0.717, 1.165) is 14.6 Å². The Balaban J connectivity index is 2.64. The number of nitrogens with one attached hydrogen (secondary N) is 1. The van der Waals surface area contributed by atoms with Gasteiger partial charge >= 0.3 is 0 Å². The lowest BCUT2D eigenvalue weighted by Gasteiger charge is -2.12. The van der Waals surface area contributed by atoms with Crippen molar-refractivity contribution in [1.82, 2.24) is 0 Å². The molecule has 0 fully saturated rings. The highest BCUT2D eigenvalue weighted by Crippen LogP contribution is 2.30. The van der Waals surface area contributed by atoms with Gasteiger partial charge in [-0.25, -0.2) is 8.42 Å². The zero-order valence-electron chi connectivity index (χ0n) is 9.70. The minimum atomic E-state index is -2.99. The second-order valence-corrected chi connectivity index (χ2v) is 8.32. The zero-order valence-corrected chi connectivity index (χ0v) is 13.7. The van der Waals surface area contributed by atoms with E-state index in [0.29, 0.717) is 6.54 Å². The third-order valence-corrected chi connectivity index (χ3v) is 5.90. The van der Waals surface area contributed by atoms with Crippen LogP contribution in [0.5, 0.6) is 0 Å². The third kappa shape index (κ3) is 4.26. The largest absolute Gasteiger partial charge is 0.382 e. The molecule has 0 aliphatic heterocycles. The van der Waals surface area contributed by atoms with Crippen molar-refractivity contribution >= 4 is 47.4 Å². The molecule has 0 aliphatic rings. The lowest BCUT2D eigenvalue weighted by molar-refractivity contribution is 0.588. The number of sulfone groups is 1. The maximum Gasteiger partial charge on any atom is 0.154 e. The Labute approximate surface area is 119 Å². The summed E-state index contributed by atoms with van der Waals surface area (Å²) in [6, 6.07) is 5.72. The van der Waals surface area contributed by atoms with Gasteiger partial charge in [0.2, 0.25) is 0 Å². The topological polar surface area (TPSA) is 46.2 Å². The summed E-state index contributed by atoms with van der Waals surface area (Å²) in [6.45, 7) is 3.80. The Morgan fingerprint density at radius 2 is 1.76 bits per heavy atom. The molecule has 0 atom stereocenters. The first-order valence-corrected chi connectivity index (χ1v) is 8.54. The molecule has 96 valence electrons. The van der Waals surface area contributed by atoms with Gasteiger partial charge in [-0.15, -0.1) is 0 Å². The molecule has 1 aromatic carbocycles. The molecule has 1 aromatic rings. The van der Waals surface area contributed by atoms with Gasteiger partial charge in [0.05, 0.1) is 16.7 Å². The third-order valence-electron chi connectivity index (χ3n) is 2.37. The van der Waals surface area contributed by atoms with E-state index >= 15 is 0 Å². The molecule has 0 aliphatic carbocycles. The number of anilines is 1. The molecule has 0 saturated carbocycles. The summed E-state index contributed by atoms with van der Waals surface area (Å²) in [5.74, 6) is 0.137. The molecule has 17 heavy (non-hydrogen) atoms. The number of halogens is 2. The quantitative estimate of drug-likeness (QED) is 0.845. The van der Waals surface area contributed by atoms with Crippen molar-refractivity contribution in [2.45, 2.75) is 19.1 Å². The van der Waals surface area contributed by atoms with Gasteiger partial charge in [0, 0.05) is 15.5 Å². The molecule has 1 rings (SSSR count). The molecule has 0 heterocycles. The van der Waals surface area contributed by atoms with E-state index < -0.39 is 9.84 Å². The predicted molar refractivity (Wildman–Crippen MR) is 79.3 cm³/mol. The summed E-state index contributed by atoms with van der Waals surface area (Å²) >= 11 is 6.83. The maximum atomic E-state index is 11.6. The normalized spacial score (nSPS) is 11.8. The van der Waals surface area contributed by atoms with E-state index in [1.54, 1.807) is 13.8 Å². The van der Waals surface area contributed by atoms with Crippen LogP contribution in [0.3, 0.4) is 0 Å². The molecular formula is C11H15Br2NO2S. The van der Waals surface area contributed by atoms with Crippen LogP contribution in [0.25, 0.3) is 0 Å². The summed E-state index contributed by atoms with van der Waals surface area (Å²) in [5, 5.41) is 2.79. The highest BCUT2D eigenvalue weighted by molar-refractivity contribution is 9.11. The maximum absolute atomic E-state index is 11.6. The Hall–Kier alpha value is -0.0700. The van der Waals surface area contributed by atoms with Crippen LogP contribution in [-0.4, -0.2) is 26.0 Å². The van der Waals surface area contributed by atoms with Crippen molar-refractivity contribution in [2.75, 3.05) is 17.6 Å². The summed E-state index contributed by atoms with van der Waals surface area (Å²) < 4.78 is 25.1. The van der Waals surface area contributed by atoms with E-state index in [2.05, 4.69) is 37.2 Å². The molecule has 0 saturated heterocycles. The number of hydrogen-bond donors (Lipinski definition) is 1. The van der Waals surface area contributed by atoms with Crippen molar-refractivity contribution in [3.63, 3.8) is 0 Å². The minimum absolute atomic E-state index is 0.137. The Kier molecular flexibility index (Phi) is 5.47. The van der Waals surface area contributed by atoms with Crippen LogP contribution >= 0.6 is 31.9 Å². The smallest absolute Gasteiger partial charge is 0.154 e. The lowest BCUT2D eigenvalue weighted by Crippen LogP contribution is -2.23. The van der Waals surface area contributed by atoms with Crippen LogP contribution in [0.15, 0.2) is 27.1 Å². The fourth-order valence-corrected chi connectivity index (χ4v) is 3.36. The molecule has 0 unspecified atom stereocenters. The summed E-state index contributed by atoms with van der Waals surface area (Å²) in [4.78, 5) is 0. The average molecular weight is 385 g/mol. The van der Waals surface area contributed by atoms with Gasteiger partial charge in [0.15, 0.2) is 9.84 Å². The highest BCUT2D eigenvalue weighted by atomic mass is 79.9. The predicted octanol–water partition coefficient (Wildman–Crippen LogP) is 3.45. The van der Waals surface area contributed by atoms with Crippen LogP contribution < -0.4 is 5.32 Å². The van der Waals surface area contributed by atoms with Gasteiger partial charge in [-0.2, -0.15) is 0 Å². The van der Waals surface area contributed by atoms with Crippen LogP contribution in [0, 0.1) is 0 Å². The number of rotatable bonds is 5. The molecule has 0 bridgehead atoms. The fourth-order valence-electron chi connectivity index (χ4n) is 1.22. The summed E-state index contributed by atoms with van der Waals surface area (Å²) in [6.07, 6.45) is 0. The molecular weight excluding hydrogens is 370 g/mol. The Morgan fingerprint density at radius 3 is 2.24 bits per heavy atom. The first-order valence-electron chi connectivity index (χ1n) is 5.24. The summed E-state index contributed by atoms with van der Waals surface area (Å²) in [5.41, 5.74) is 0.881. The SMILES string of the molecule is CC(C)S(=O)(=O)CCNc1c(Br)cccc1Br. The first-order chi connectivity index (χ1) is 7.84. The van der Waals surface area contributed by atoms with Crippen LogP contribution in [0.4, 0.5) is 5.69 Å². The molecule has 6 heteroatoms. The van der Waals surface area contributed by atoms with Gasteiger partial charge in [-0.1, -0.05) is 6.07 Å². The number of hydrogen-bond acceptors (Lipinski definition) is 3. The van der Waals surface area contributed by atoms with Gasteiger partial charge in [0.1, 0.15) is 0 Å². The first kappa shape index (κ1) is 15.0. The second-order valence-electron chi connectivity index (χ2n) is 3.94. The second kappa shape index (κ2) is 6.20. The van der Waals surface area contributed by atoms with Gasteiger partial charge in [0.25, 0.3) is 0 Å². The average Bonchev–Trinajstić information content (AvgIpc) is 2.22. The van der Waals surface area contributed by atoms with E-state index in [9.17, 15) is 8.42 Å². The molecule has 1 N–H and O–H groups in total. The van der Waals surface area contributed by atoms with Crippen molar-refractivity contribution in [2.24, 2.45) is 0 Å². The van der Waals surface area contributed by atoms with Gasteiger partial charge in [-0.3, -0.25) is 0 Å². The highest BCUT2D eigenvalue weighted by Gasteiger charge is 2.15. The molecule has 0 amide bonds. The standard InChI is InChI=1S/C11H15Br2NO2S/c1-8(2)17(15,16)7-6-14-11-9(12)4-3-5-10(11)13/h3-5,8,14H,6-7H2,1-2H3. The monoisotopic (exact) mass is 383 g/mol. The number of benzene rings is 1. The van der Waals surface area contributed by atoms with E-state index in [1.165, 1.54) is 0 Å². The zero-order chi connectivity index (χ0) is 13.1. The van der Waals surface area contributed by atoms with Crippen LogP contribution in [-0.2, 0) is 9.84 Å². The Bertz CT molecular complexity index is 466. The van der Waals surface area contributed by atoms with Crippen molar-refractivity contribution in [3.05, 3.63) is 27.1 Å². The van der Waals surface area contributed by atoms with Crippen molar-refractivity contribution in [3.8, 4) is 0 Å². The molecule has 3 nitrogen and oxygen atoms in total. The van der Waals surface area contributed by atoms with Crippen molar-refractivity contribution < 1.29 is 8.42 Å². The molecule has 0 radical (unpaired) electrons. The van der Waals surface area contributed by atoms with E-state index in [-0.39, 0.29) is 11.0 Å². The lowest BCUT2D eigenvalue weighted by atomic mass is 10.3.